The molecule has 0 saturated carbocycles. The third kappa shape index (κ3) is 9.03. The first kappa shape index (κ1) is 38.3. The summed E-state index contributed by atoms with van der Waals surface area (Å²) in [4.78, 5) is 7.26. The molecule has 0 fully saturated rings. The van der Waals surface area contributed by atoms with Crippen LogP contribution in [0.1, 0.15) is 116 Å². The Morgan fingerprint density at radius 3 is 1.84 bits per heavy atom. The van der Waals surface area contributed by atoms with Crippen molar-refractivity contribution in [2.24, 2.45) is 0 Å². The molecule has 0 aliphatic carbocycles. The summed E-state index contributed by atoms with van der Waals surface area (Å²) in [5.74, 6) is 1.23. The van der Waals surface area contributed by atoms with Gasteiger partial charge in [-0.1, -0.05) is 212 Å². The SMILES string of the molecule is [2H]c1c([2H])c([2H])c(-c2cccc(-c3c([2H])c([2H])c([2H])c([2H])c3[2H])c2-[n+]2[c-]n(-c3[c-]c(N(c4[c-]c5c(cc4)c4ccccc4n5-c4cc(C(C)(C)C)ccn4)c4c(C(C)C)cc(C(C)C)cc4C(C)C)ccc3)c3ccccc32)c([2H])c1[2H].[Pt]. The van der Waals surface area contributed by atoms with Gasteiger partial charge in [0, 0.05) is 38.5 Å². The molecule has 8 aromatic carbocycles. The van der Waals surface area contributed by atoms with Gasteiger partial charge in [0.1, 0.15) is 5.82 Å². The molecule has 0 amide bonds. The minimum Gasteiger partial charge on any atom is -0.358 e. The summed E-state index contributed by atoms with van der Waals surface area (Å²) in [5.41, 5.74) is 10.9. The molecule has 73 heavy (non-hydrogen) atoms. The van der Waals surface area contributed by atoms with Gasteiger partial charge in [-0.25, -0.2) is 4.98 Å². The van der Waals surface area contributed by atoms with Gasteiger partial charge in [0.2, 0.25) is 0 Å². The number of anilines is 3. The minimum atomic E-state index is -0.568. The summed E-state index contributed by atoms with van der Waals surface area (Å²) in [6.07, 6.45) is 5.44. The first-order chi connectivity index (χ1) is 39.0. The number of hydrogen-bond acceptors (Lipinski definition) is 2. The number of aromatic nitrogens is 4. The van der Waals surface area contributed by atoms with Crippen LogP contribution in [0.2, 0.25) is 0 Å². The van der Waals surface area contributed by atoms with Gasteiger partial charge in [-0.3, -0.25) is 4.57 Å². The molecule has 3 heterocycles. The number of imidazole rings is 1. The third-order valence-corrected chi connectivity index (χ3v) is 13.6. The smallest absolute Gasteiger partial charge is 0.268 e. The molecule has 0 unspecified atom stereocenters. The molecule has 5 nitrogen and oxygen atoms in total. The number of hydrogen-bond donors (Lipinski definition) is 0. The Morgan fingerprint density at radius 2 is 1.21 bits per heavy atom. The van der Waals surface area contributed by atoms with E-state index in [9.17, 15) is 5.48 Å². The second-order valence-electron chi connectivity index (χ2n) is 20.3. The molecule has 0 radical (unpaired) electrons. The Hall–Kier alpha value is -7.33. The molecule has 6 heteroatoms. The Morgan fingerprint density at radius 1 is 0.603 bits per heavy atom. The van der Waals surface area contributed by atoms with Crippen LogP contribution >= 0.6 is 0 Å². The van der Waals surface area contributed by atoms with E-state index in [0.29, 0.717) is 22.4 Å². The number of nitrogens with zero attached hydrogens (tertiary/aromatic N) is 5. The fourth-order valence-corrected chi connectivity index (χ4v) is 9.87. The second kappa shape index (κ2) is 19.9. The Balaban J connectivity index is 0.00000769. The fourth-order valence-electron chi connectivity index (χ4n) is 9.87. The molecule has 0 aliphatic rings. The van der Waals surface area contributed by atoms with Crippen molar-refractivity contribution in [3.05, 3.63) is 229 Å². The molecule has 0 spiro atoms. The van der Waals surface area contributed by atoms with Gasteiger partial charge in [0.25, 0.3) is 6.33 Å². The van der Waals surface area contributed by atoms with Crippen molar-refractivity contribution in [3.63, 3.8) is 0 Å². The van der Waals surface area contributed by atoms with Crippen LogP contribution in [0, 0.1) is 18.5 Å². The van der Waals surface area contributed by atoms with Gasteiger partial charge in [-0.2, -0.15) is 24.3 Å². The molecule has 11 aromatic rings. The van der Waals surface area contributed by atoms with Crippen molar-refractivity contribution in [2.45, 2.75) is 85.5 Å². The molecule has 366 valence electrons. The van der Waals surface area contributed by atoms with Crippen LogP contribution < -0.4 is 9.47 Å². The van der Waals surface area contributed by atoms with Gasteiger partial charge >= 0.3 is 0 Å². The number of benzene rings is 8. The van der Waals surface area contributed by atoms with E-state index in [2.05, 4.69) is 151 Å². The van der Waals surface area contributed by atoms with Crippen LogP contribution in [-0.4, -0.2) is 14.1 Å². The molecule has 11 rings (SSSR count). The van der Waals surface area contributed by atoms with E-state index < -0.39 is 60.4 Å². The van der Waals surface area contributed by atoms with E-state index in [1.807, 2.05) is 53.2 Å². The van der Waals surface area contributed by atoms with E-state index in [-0.39, 0.29) is 72.2 Å². The molecule has 0 atom stereocenters. The quantitative estimate of drug-likeness (QED) is 0.0954. The predicted molar refractivity (Wildman–Crippen MR) is 300 cm³/mol. The Kier molecular flexibility index (Phi) is 10.5. The molecule has 0 N–H and O–H groups in total. The molecule has 0 saturated heterocycles. The maximum absolute atomic E-state index is 9.20. The molecule has 3 aromatic heterocycles. The molecular weight excluding hydrogens is 1070 g/mol. The van der Waals surface area contributed by atoms with Gasteiger partial charge < -0.3 is 14.0 Å². The zero-order valence-corrected chi connectivity index (χ0v) is 44.7. The van der Waals surface area contributed by atoms with Crippen molar-refractivity contribution in [1.29, 1.82) is 0 Å². The summed E-state index contributed by atoms with van der Waals surface area (Å²) < 4.78 is 94.4. The monoisotopic (exact) mass is 1140 g/mol. The largest absolute Gasteiger partial charge is 0.358 e. The zero-order valence-electron chi connectivity index (χ0n) is 52.4. The van der Waals surface area contributed by atoms with Gasteiger partial charge in [0.05, 0.1) is 30.4 Å². The van der Waals surface area contributed by atoms with Crippen LogP contribution in [0.15, 0.2) is 188 Å². The van der Waals surface area contributed by atoms with E-state index in [1.165, 1.54) is 5.56 Å². The zero-order chi connectivity index (χ0) is 58.5. The fraction of sp³-hybridized carbons (Fsp3) is 0.194. The first-order valence-electron chi connectivity index (χ1n) is 29.7. The van der Waals surface area contributed by atoms with Gasteiger partial charge in [-0.15, -0.1) is 23.6 Å². The minimum absolute atomic E-state index is 0. The van der Waals surface area contributed by atoms with Gasteiger partial charge in [-0.05, 0) is 96.9 Å². The summed E-state index contributed by atoms with van der Waals surface area (Å²) in [7, 11) is 0. The van der Waals surface area contributed by atoms with E-state index in [0.717, 1.165) is 55.7 Å². The first-order valence-corrected chi connectivity index (χ1v) is 24.7. The number of rotatable bonds is 11. The maximum atomic E-state index is 9.20. The van der Waals surface area contributed by atoms with Crippen LogP contribution in [0.3, 0.4) is 0 Å². The third-order valence-electron chi connectivity index (χ3n) is 13.6. The average molecular weight is 1140 g/mol. The van der Waals surface area contributed by atoms with Crippen molar-refractivity contribution in [1.82, 2.24) is 14.1 Å². The normalized spacial score (nSPS) is 13.8. The van der Waals surface area contributed by atoms with E-state index in [4.69, 9.17) is 13.2 Å². The number of pyridine rings is 1. The summed E-state index contributed by atoms with van der Waals surface area (Å²) in [6.45, 7) is 20.0. The molecular formula is C67H61N5Pt-2. The maximum Gasteiger partial charge on any atom is 0.268 e. The number of fused-ring (bicyclic) bond motifs is 4. The molecule has 0 bridgehead atoms. The van der Waals surface area contributed by atoms with Crippen LogP contribution in [-0.2, 0) is 26.5 Å². The Labute approximate surface area is 459 Å². The van der Waals surface area contributed by atoms with Crippen molar-refractivity contribution >= 4 is 49.9 Å². The summed E-state index contributed by atoms with van der Waals surface area (Å²) in [6, 6.07) is 42.5. The van der Waals surface area contributed by atoms with E-state index >= 15 is 0 Å². The van der Waals surface area contributed by atoms with E-state index in [1.54, 1.807) is 22.8 Å². The van der Waals surface area contributed by atoms with Crippen molar-refractivity contribution < 1.29 is 39.3 Å². The van der Waals surface area contributed by atoms with Crippen LogP contribution in [0.5, 0.6) is 0 Å². The van der Waals surface area contributed by atoms with Crippen LogP contribution in [0.4, 0.5) is 17.1 Å². The van der Waals surface area contributed by atoms with Crippen LogP contribution in [0.25, 0.3) is 72.3 Å². The topological polar surface area (TPSA) is 29.9 Å². The average Bonchev–Trinajstić information content (AvgIpc) is 3.03. The number of para-hydroxylation sites is 4. The van der Waals surface area contributed by atoms with Crippen molar-refractivity contribution in [3.8, 4) is 39.4 Å². The second-order valence-corrected chi connectivity index (χ2v) is 20.3. The standard InChI is InChI=1S/C67H61N5.Pt/c1-44(2)49-38-58(45(3)4)66(59(39-49)46(5)6)71(53-34-35-57-56-28-16-17-31-60(56)72(63(57)42-53)64-40-50(36-37-68-64)67(7,8)9)52-27-20-26-51(41-52)69-43-70(62-33-19-18-32-61(62)69)65-54(47-22-12-10-13-23-47)29-21-30-55(65)48-24-14-11-15-25-48;/h10-40,44-46H,1-9H3;/q-2;/i10D,11D,12D,13D,14D,15D,22D,23D,24D,25D;. The summed E-state index contributed by atoms with van der Waals surface area (Å²) >= 11 is 0. The predicted octanol–water partition coefficient (Wildman–Crippen LogP) is 17.3. The Bertz CT molecular complexity index is 4230. The molecule has 0 aliphatic heterocycles. The summed E-state index contributed by atoms with van der Waals surface area (Å²) in [5, 5.41) is 2.09. The van der Waals surface area contributed by atoms with Crippen molar-refractivity contribution in [2.75, 3.05) is 4.90 Å². The van der Waals surface area contributed by atoms with Gasteiger partial charge in [0.15, 0.2) is 0 Å².